The van der Waals surface area contributed by atoms with Crippen LogP contribution in [0.15, 0.2) is 24.5 Å². The molecule has 1 aromatic carbocycles. The number of fused-ring (bicyclic) bond motifs is 1. The Morgan fingerprint density at radius 2 is 2.00 bits per heavy atom. The lowest BCUT2D eigenvalue weighted by Gasteiger charge is -2.32. The molecule has 158 valence electrons. The van der Waals surface area contributed by atoms with Crippen LogP contribution in [0.3, 0.4) is 0 Å². The largest absolute Gasteiger partial charge is 0.454 e. The first-order valence-electron chi connectivity index (χ1n) is 9.93. The van der Waals surface area contributed by atoms with E-state index in [2.05, 4.69) is 10.4 Å². The minimum atomic E-state index is -0.197. The highest BCUT2D eigenvalue weighted by atomic mass is 16.7. The molecule has 0 bridgehead atoms. The van der Waals surface area contributed by atoms with Crippen LogP contribution >= 0.6 is 0 Å². The average Bonchev–Trinajstić information content (AvgIpc) is 3.35. The number of amides is 2. The summed E-state index contributed by atoms with van der Waals surface area (Å²) < 4.78 is 12.3. The summed E-state index contributed by atoms with van der Waals surface area (Å²) in [6, 6.07) is 3.21. The summed E-state index contributed by atoms with van der Waals surface area (Å²) in [5, 5.41) is 6.89. The minimum Gasteiger partial charge on any atom is -0.454 e. The monoisotopic (exact) mass is 412 g/mol. The van der Waals surface area contributed by atoms with Crippen molar-refractivity contribution in [3.8, 4) is 11.5 Å². The molecule has 2 aliphatic heterocycles. The number of likely N-dealkylation sites (tertiary alicyclic amines) is 1. The highest BCUT2D eigenvalue weighted by molar-refractivity contribution is 6.04. The summed E-state index contributed by atoms with van der Waals surface area (Å²) in [5.74, 6) is 0.611. The molecule has 9 heteroatoms. The number of Topliss-reactive ketones (excluding diaryl/α,β-unsaturated/α-hetero) is 1. The Bertz CT molecular complexity index is 999. The molecule has 1 N–H and O–H groups in total. The van der Waals surface area contributed by atoms with E-state index in [0.717, 1.165) is 12.8 Å². The van der Waals surface area contributed by atoms with E-state index < -0.39 is 0 Å². The van der Waals surface area contributed by atoms with Crippen molar-refractivity contribution in [3.63, 3.8) is 0 Å². The van der Waals surface area contributed by atoms with E-state index in [-0.39, 0.29) is 36.7 Å². The van der Waals surface area contributed by atoms with Crippen molar-refractivity contribution in [1.82, 2.24) is 14.7 Å². The number of nitrogens with one attached hydrogen (secondary N) is 1. The van der Waals surface area contributed by atoms with E-state index in [0.29, 0.717) is 41.4 Å². The molecule has 30 heavy (non-hydrogen) atoms. The van der Waals surface area contributed by atoms with Gasteiger partial charge in [0.15, 0.2) is 17.3 Å². The van der Waals surface area contributed by atoms with Gasteiger partial charge in [-0.2, -0.15) is 5.10 Å². The van der Waals surface area contributed by atoms with Crippen LogP contribution in [0, 0.1) is 5.92 Å². The third-order valence-electron chi connectivity index (χ3n) is 5.40. The van der Waals surface area contributed by atoms with Gasteiger partial charge in [-0.05, 0) is 31.7 Å². The topological polar surface area (TPSA) is 103 Å². The van der Waals surface area contributed by atoms with Gasteiger partial charge >= 0.3 is 0 Å². The fraction of sp³-hybridized carbons (Fsp3) is 0.429. The van der Waals surface area contributed by atoms with Gasteiger partial charge in [0.1, 0.15) is 0 Å². The number of aromatic nitrogens is 2. The van der Waals surface area contributed by atoms with Gasteiger partial charge in [0, 0.05) is 44.4 Å². The zero-order valence-corrected chi connectivity index (χ0v) is 17.0. The lowest BCUT2D eigenvalue weighted by molar-refractivity contribution is -0.117. The predicted octanol–water partition coefficient (Wildman–Crippen LogP) is 2.23. The number of carbonyl (C=O) groups excluding carboxylic acids is 3. The molecule has 1 fully saturated rings. The molecule has 4 rings (SSSR count). The van der Waals surface area contributed by atoms with Crippen molar-refractivity contribution in [2.45, 2.75) is 26.2 Å². The van der Waals surface area contributed by atoms with Crippen LogP contribution in [0.5, 0.6) is 11.5 Å². The summed E-state index contributed by atoms with van der Waals surface area (Å²) in [4.78, 5) is 39.1. The number of aryl methyl sites for hydroxylation is 1. The number of ketones is 1. The highest BCUT2D eigenvalue weighted by Gasteiger charge is 2.27. The van der Waals surface area contributed by atoms with Gasteiger partial charge in [0.2, 0.25) is 12.7 Å². The van der Waals surface area contributed by atoms with Gasteiger partial charge in [0.05, 0.1) is 17.4 Å². The molecule has 3 heterocycles. The number of anilines is 1. The number of benzene rings is 1. The van der Waals surface area contributed by atoms with Crippen LogP contribution in [0.25, 0.3) is 0 Å². The number of rotatable bonds is 5. The molecule has 2 aromatic rings. The van der Waals surface area contributed by atoms with Crippen molar-refractivity contribution in [2.24, 2.45) is 13.0 Å². The van der Waals surface area contributed by atoms with Crippen LogP contribution in [0.1, 0.15) is 46.9 Å². The van der Waals surface area contributed by atoms with E-state index in [1.807, 2.05) is 0 Å². The van der Waals surface area contributed by atoms with Crippen molar-refractivity contribution < 1.29 is 23.9 Å². The Labute approximate surface area is 173 Å². The SMILES string of the molecule is CC(=O)c1cc2c(cc1NC(=O)CC1CCCN(C(=O)c3cnn(C)c3)C1)OCO2. The number of carbonyl (C=O) groups is 3. The van der Waals surface area contributed by atoms with Gasteiger partial charge < -0.3 is 19.7 Å². The van der Waals surface area contributed by atoms with Crippen LogP contribution in [0.4, 0.5) is 5.69 Å². The maximum Gasteiger partial charge on any atom is 0.257 e. The Kier molecular flexibility index (Phi) is 5.43. The molecule has 0 spiro atoms. The molecule has 9 nitrogen and oxygen atoms in total. The molecule has 0 radical (unpaired) electrons. The van der Waals surface area contributed by atoms with Crippen molar-refractivity contribution in [2.75, 3.05) is 25.2 Å². The fourth-order valence-corrected chi connectivity index (χ4v) is 3.93. The molecule has 0 aliphatic carbocycles. The number of piperidine rings is 1. The van der Waals surface area contributed by atoms with E-state index in [4.69, 9.17) is 9.47 Å². The van der Waals surface area contributed by atoms with E-state index in [9.17, 15) is 14.4 Å². The van der Waals surface area contributed by atoms with Crippen LogP contribution in [-0.4, -0.2) is 52.2 Å². The Balaban J connectivity index is 1.40. The fourth-order valence-electron chi connectivity index (χ4n) is 3.93. The normalized spacial score (nSPS) is 17.7. The van der Waals surface area contributed by atoms with Gasteiger partial charge in [-0.25, -0.2) is 0 Å². The summed E-state index contributed by atoms with van der Waals surface area (Å²) >= 11 is 0. The lowest BCUT2D eigenvalue weighted by atomic mass is 9.94. The van der Waals surface area contributed by atoms with Crippen LogP contribution < -0.4 is 14.8 Å². The molecule has 0 saturated carbocycles. The quantitative estimate of drug-likeness (QED) is 0.756. The van der Waals surface area contributed by atoms with Gasteiger partial charge in [0.25, 0.3) is 5.91 Å². The van der Waals surface area contributed by atoms with Crippen molar-refractivity contribution in [1.29, 1.82) is 0 Å². The zero-order chi connectivity index (χ0) is 21.3. The highest BCUT2D eigenvalue weighted by Crippen LogP contribution is 2.37. The predicted molar refractivity (Wildman–Crippen MR) is 108 cm³/mol. The van der Waals surface area contributed by atoms with Gasteiger partial charge in [-0.15, -0.1) is 0 Å². The zero-order valence-electron chi connectivity index (χ0n) is 17.0. The van der Waals surface area contributed by atoms with Gasteiger partial charge in [-0.1, -0.05) is 0 Å². The number of nitrogens with zero attached hydrogens (tertiary/aromatic N) is 3. The van der Waals surface area contributed by atoms with E-state index in [1.54, 1.807) is 41.2 Å². The van der Waals surface area contributed by atoms with Crippen molar-refractivity contribution >= 4 is 23.3 Å². The molecule has 1 saturated heterocycles. The number of ether oxygens (including phenoxy) is 2. The molecular weight excluding hydrogens is 388 g/mol. The second kappa shape index (κ2) is 8.17. The third kappa shape index (κ3) is 4.14. The first-order chi connectivity index (χ1) is 14.4. The van der Waals surface area contributed by atoms with Gasteiger partial charge in [-0.3, -0.25) is 19.1 Å². The first kappa shape index (κ1) is 19.9. The summed E-state index contributed by atoms with van der Waals surface area (Å²) in [5.41, 5.74) is 1.34. The molecule has 2 aliphatic rings. The Hall–Kier alpha value is -3.36. The number of hydrogen-bond acceptors (Lipinski definition) is 6. The summed E-state index contributed by atoms with van der Waals surface area (Å²) in [6.45, 7) is 2.72. The molecule has 1 unspecified atom stereocenters. The van der Waals surface area contributed by atoms with E-state index in [1.165, 1.54) is 6.92 Å². The van der Waals surface area contributed by atoms with Crippen LogP contribution in [-0.2, 0) is 11.8 Å². The third-order valence-corrected chi connectivity index (χ3v) is 5.40. The molecule has 1 atom stereocenters. The Morgan fingerprint density at radius 3 is 2.70 bits per heavy atom. The second-order valence-corrected chi connectivity index (χ2v) is 7.72. The number of hydrogen-bond donors (Lipinski definition) is 1. The van der Waals surface area contributed by atoms with Crippen LogP contribution in [0.2, 0.25) is 0 Å². The first-order valence-corrected chi connectivity index (χ1v) is 9.93. The maximum atomic E-state index is 12.7. The maximum absolute atomic E-state index is 12.7. The second-order valence-electron chi connectivity index (χ2n) is 7.72. The van der Waals surface area contributed by atoms with E-state index >= 15 is 0 Å². The molecular formula is C21H24N4O5. The summed E-state index contributed by atoms with van der Waals surface area (Å²) in [6.07, 6.45) is 5.23. The summed E-state index contributed by atoms with van der Waals surface area (Å²) in [7, 11) is 1.77. The van der Waals surface area contributed by atoms with Crippen molar-refractivity contribution in [3.05, 3.63) is 35.7 Å². The Morgan fingerprint density at radius 1 is 1.23 bits per heavy atom. The standard InChI is InChI=1S/C21H24N4O5/c1-13(26)16-7-18-19(30-12-29-18)8-17(16)23-20(27)6-14-4-3-5-25(10-14)21(28)15-9-22-24(2)11-15/h7-9,11,14H,3-6,10,12H2,1-2H3,(H,23,27). The average molecular weight is 412 g/mol. The molecule has 2 amide bonds. The smallest absolute Gasteiger partial charge is 0.257 e. The lowest BCUT2D eigenvalue weighted by Crippen LogP contribution is -2.40. The minimum absolute atomic E-state index is 0.0501. The molecule has 1 aromatic heterocycles.